The number of hydrogen-bond donors (Lipinski definition) is 3. The van der Waals surface area contributed by atoms with Gasteiger partial charge in [-0.05, 0) is 65.9 Å². The summed E-state index contributed by atoms with van der Waals surface area (Å²) < 4.78 is 12.3. The predicted molar refractivity (Wildman–Crippen MR) is 129 cm³/mol. The molecule has 0 saturated heterocycles. The number of ether oxygens (including phenoxy) is 2. The number of nitrogens with two attached hydrogens (primary N) is 1. The minimum atomic E-state index is -0.351. The van der Waals surface area contributed by atoms with Crippen molar-refractivity contribution in [3.8, 4) is 17.2 Å². The zero-order valence-corrected chi connectivity index (χ0v) is 18.6. The molecule has 1 aliphatic rings. The lowest BCUT2D eigenvalue weighted by molar-refractivity contribution is 0.258. The maximum absolute atomic E-state index is 10.0. The van der Waals surface area contributed by atoms with Crippen LogP contribution in [0.15, 0.2) is 60.7 Å². The van der Waals surface area contributed by atoms with Crippen LogP contribution in [0.3, 0.4) is 0 Å². The number of phenolic OH excluding ortho intramolecular Hbond substituents is 1. The van der Waals surface area contributed by atoms with Crippen molar-refractivity contribution in [2.45, 2.75) is 26.9 Å². The highest BCUT2D eigenvalue weighted by molar-refractivity contribution is 5.97. The number of benzene rings is 3. The first-order chi connectivity index (χ1) is 15.4. The minimum Gasteiger partial charge on any atom is -0.508 e. The Morgan fingerprint density at radius 1 is 1.09 bits per heavy atom. The van der Waals surface area contributed by atoms with Gasteiger partial charge in [-0.1, -0.05) is 38.1 Å². The predicted octanol–water partition coefficient (Wildman–Crippen LogP) is 6.07. The monoisotopic (exact) mass is 428 g/mol. The Kier molecular flexibility index (Phi) is 5.91. The van der Waals surface area contributed by atoms with Gasteiger partial charge in [-0.25, -0.2) is 0 Å². The number of allylic oxidation sites excluding steroid dienone is 1. The topological polar surface area (TPSA) is 88.6 Å². The Balaban J connectivity index is 1.80. The Hall–Kier alpha value is -3.73. The van der Waals surface area contributed by atoms with Crippen LogP contribution in [0.5, 0.6) is 17.2 Å². The molecule has 1 atom stereocenters. The van der Waals surface area contributed by atoms with E-state index in [1.807, 2.05) is 49.4 Å². The van der Waals surface area contributed by atoms with Gasteiger partial charge < -0.3 is 25.7 Å². The molecule has 4 rings (SSSR count). The van der Waals surface area contributed by atoms with Gasteiger partial charge in [0, 0.05) is 28.6 Å². The second-order valence-corrected chi connectivity index (χ2v) is 8.48. The molecule has 3 aromatic carbocycles. The zero-order valence-electron chi connectivity index (χ0n) is 18.6. The fraction of sp³-hybridized carbons (Fsp3) is 0.222. The van der Waals surface area contributed by atoms with Crippen LogP contribution in [-0.4, -0.2) is 17.9 Å². The molecule has 1 aliphatic heterocycles. The van der Waals surface area contributed by atoms with Crippen molar-refractivity contribution >= 4 is 23.0 Å². The Morgan fingerprint density at radius 3 is 2.50 bits per heavy atom. The largest absolute Gasteiger partial charge is 0.508 e. The summed E-state index contributed by atoms with van der Waals surface area (Å²) in [4.78, 5) is 0. The van der Waals surface area contributed by atoms with E-state index in [2.05, 4.69) is 13.8 Å². The Labute approximate surface area is 188 Å². The molecule has 3 aromatic rings. The number of rotatable bonds is 6. The van der Waals surface area contributed by atoms with Gasteiger partial charge in [-0.15, -0.1) is 0 Å². The number of nitrogen functional groups attached to an aromatic ring is 1. The molecule has 1 heterocycles. The fourth-order valence-electron chi connectivity index (χ4n) is 3.92. The maximum Gasteiger partial charge on any atom is 0.150 e. The third kappa shape index (κ3) is 4.19. The molecule has 4 N–H and O–H groups in total. The summed E-state index contributed by atoms with van der Waals surface area (Å²) in [7, 11) is 0. The van der Waals surface area contributed by atoms with Gasteiger partial charge in [0.05, 0.1) is 6.61 Å². The van der Waals surface area contributed by atoms with E-state index in [1.165, 1.54) is 6.21 Å². The summed E-state index contributed by atoms with van der Waals surface area (Å²) >= 11 is 0. The molecule has 0 bridgehead atoms. The third-order valence-electron chi connectivity index (χ3n) is 5.60. The molecule has 5 heteroatoms. The minimum absolute atomic E-state index is 0.190. The van der Waals surface area contributed by atoms with Crippen molar-refractivity contribution in [2.24, 2.45) is 5.92 Å². The molecule has 164 valence electrons. The molecule has 1 unspecified atom stereocenters. The lowest BCUT2D eigenvalue weighted by atomic mass is 9.85. The highest BCUT2D eigenvalue weighted by Crippen LogP contribution is 2.47. The summed E-state index contributed by atoms with van der Waals surface area (Å²) in [5, 5.41) is 17.6. The van der Waals surface area contributed by atoms with Crippen LogP contribution in [-0.2, 0) is 0 Å². The van der Waals surface area contributed by atoms with E-state index in [0.717, 1.165) is 39.3 Å². The molecule has 0 fully saturated rings. The smallest absolute Gasteiger partial charge is 0.150 e. The van der Waals surface area contributed by atoms with E-state index < -0.39 is 0 Å². The number of aromatic hydroxyl groups is 1. The van der Waals surface area contributed by atoms with Crippen LogP contribution < -0.4 is 15.2 Å². The van der Waals surface area contributed by atoms with Gasteiger partial charge in [0.15, 0.2) is 0 Å². The maximum atomic E-state index is 10.0. The van der Waals surface area contributed by atoms with E-state index in [4.69, 9.17) is 20.6 Å². The van der Waals surface area contributed by atoms with Crippen molar-refractivity contribution in [1.29, 1.82) is 5.41 Å². The van der Waals surface area contributed by atoms with E-state index in [-0.39, 0.29) is 11.9 Å². The third-order valence-corrected chi connectivity index (χ3v) is 5.60. The van der Waals surface area contributed by atoms with Gasteiger partial charge in [-0.3, -0.25) is 0 Å². The van der Waals surface area contributed by atoms with Crippen LogP contribution in [0.1, 0.15) is 49.1 Å². The van der Waals surface area contributed by atoms with E-state index in [9.17, 15) is 5.11 Å². The molecule has 0 radical (unpaired) electrons. The second-order valence-electron chi connectivity index (χ2n) is 8.48. The first kappa shape index (κ1) is 21.5. The number of nitrogens with one attached hydrogen (secondary N) is 1. The van der Waals surface area contributed by atoms with Crippen molar-refractivity contribution in [1.82, 2.24) is 0 Å². The normalized spacial score (nSPS) is 15.3. The summed E-state index contributed by atoms with van der Waals surface area (Å²) in [5.74, 6) is 2.19. The van der Waals surface area contributed by atoms with Crippen molar-refractivity contribution < 1.29 is 14.6 Å². The van der Waals surface area contributed by atoms with Gasteiger partial charge in [-0.2, -0.15) is 0 Å². The molecule has 0 saturated carbocycles. The number of fused-ring (bicyclic) bond motifs is 1. The summed E-state index contributed by atoms with van der Waals surface area (Å²) in [6.07, 6.45) is 0.898. The molecule has 32 heavy (non-hydrogen) atoms. The van der Waals surface area contributed by atoms with Crippen LogP contribution in [0.4, 0.5) is 5.69 Å². The number of anilines is 1. The molecule has 0 amide bonds. The standard InChI is InChI=1S/C27H28N2O3/c1-16(2)15-31-22-9-6-18(7-10-22)27-26(19-4-5-20(14-28)24(29)12-19)17(3)23-13-21(30)8-11-25(23)32-27/h4-14,16,27-28,30H,15,29H2,1-3H3. The molecular weight excluding hydrogens is 400 g/mol. The summed E-state index contributed by atoms with van der Waals surface area (Å²) in [6.45, 7) is 6.94. The summed E-state index contributed by atoms with van der Waals surface area (Å²) in [6, 6.07) is 18.8. The molecule has 0 spiro atoms. The quantitative estimate of drug-likeness (QED) is 0.328. The average Bonchev–Trinajstić information content (AvgIpc) is 2.78. The van der Waals surface area contributed by atoms with Gasteiger partial charge in [0.1, 0.15) is 23.4 Å². The van der Waals surface area contributed by atoms with Crippen LogP contribution >= 0.6 is 0 Å². The lowest BCUT2D eigenvalue weighted by Gasteiger charge is -2.31. The average molecular weight is 429 g/mol. The van der Waals surface area contributed by atoms with E-state index >= 15 is 0 Å². The van der Waals surface area contributed by atoms with Crippen molar-refractivity contribution in [3.05, 3.63) is 82.9 Å². The fourth-order valence-corrected chi connectivity index (χ4v) is 3.92. The number of phenols is 1. The van der Waals surface area contributed by atoms with Crippen molar-refractivity contribution in [3.63, 3.8) is 0 Å². The Morgan fingerprint density at radius 2 is 1.84 bits per heavy atom. The highest BCUT2D eigenvalue weighted by Gasteiger charge is 2.29. The highest BCUT2D eigenvalue weighted by atomic mass is 16.5. The first-order valence-corrected chi connectivity index (χ1v) is 10.7. The van der Waals surface area contributed by atoms with Crippen LogP contribution in [0.2, 0.25) is 0 Å². The van der Waals surface area contributed by atoms with Gasteiger partial charge in [0.2, 0.25) is 0 Å². The van der Waals surface area contributed by atoms with Crippen molar-refractivity contribution in [2.75, 3.05) is 12.3 Å². The molecule has 0 aromatic heterocycles. The van der Waals surface area contributed by atoms with Crippen LogP contribution in [0.25, 0.3) is 11.1 Å². The molecule has 0 aliphatic carbocycles. The van der Waals surface area contributed by atoms with E-state index in [0.29, 0.717) is 23.8 Å². The van der Waals surface area contributed by atoms with Crippen LogP contribution in [0, 0.1) is 11.3 Å². The van der Waals surface area contributed by atoms with E-state index in [1.54, 1.807) is 18.2 Å². The Bertz CT molecular complexity index is 1180. The second kappa shape index (κ2) is 8.79. The number of hydrogen-bond acceptors (Lipinski definition) is 5. The first-order valence-electron chi connectivity index (χ1n) is 10.7. The zero-order chi connectivity index (χ0) is 22.8. The van der Waals surface area contributed by atoms with Gasteiger partial charge in [0.25, 0.3) is 0 Å². The van der Waals surface area contributed by atoms with Gasteiger partial charge >= 0.3 is 0 Å². The molecule has 5 nitrogen and oxygen atoms in total. The summed E-state index contributed by atoms with van der Waals surface area (Å²) in [5.41, 5.74) is 12.1. The molecular formula is C27H28N2O3. The SMILES string of the molecule is CC1=C(c2ccc(C=N)c(N)c2)C(c2ccc(OCC(C)C)cc2)Oc2ccc(O)cc21. The lowest BCUT2D eigenvalue weighted by Crippen LogP contribution is -2.16.